The smallest absolute Gasteiger partial charge is 0.228 e. The van der Waals surface area contributed by atoms with E-state index in [1.54, 1.807) is 0 Å². The van der Waals surface area contributed by atoms with Gasteiger partial charge in [0.15, 0.2) is 0 Å². The number of hydrogen-bond acceptors (Lipinski definition) is 3. The summed E-state index contributed by atoms with van der Waals surface area (Å²) in [5.41, 5.74) is 6.10. The molecule has 2 aliphatic rings. The van der Waals surface area contributed by atoms with Crippen molar-refractivity contribution in [3.63, 3.8) is 0 Å². The maximum absolute atomic E-state index is 12.2. The van der Waals surface area contributed by atoms with Crippen LogP contribution in [0, 0.1) is 11.3 Å². The number of likely N-dealkylation sites (tertiary alicyclic amines) is 1. The van der Waals surface area contributed by atoms with Gasteiger partial charge in [-0.3, -0.25) is 4.79 Å². The van der Waals surface area contributed by atoms with Crippen LogP contribution in [0.1, 0.15) is 26.7 Å². The quantitative estimate of drug-likeness (QED) is 0.712. The lowest BCUT2D eigenvalue weighted by Crippen LogP contribution is -2.55. The van der Waals surface area contributed by atoms with E-state index in [9.17, 15) is 4.79 Å². The molecule has 2 heterocycles. The maximum atomic E-state index is 12.2. The second-order valence-corrected chi connectivity index (χ2v) is 5.70. The molecule has 2 fully saturated rings. The molecule has 2 saturated heterocycles. The molecule has 0 saturated carbocycles. The normalized spacial score (nSPS) is 34.1. The monoisotopic (exact) mass is 226 g/mol. The van der Waals surface area contributed by atoms with Gasteiger partial charge in [0.25, 0.3) is 0 Å². The summed E-state index contributed by atoms with van der Waals surface area (Å²) in [4.78, 5) is 14.2. The molecule has 0 aliphatic carbocycles. The van der Waals surface area contributed by atoms with E-state index in [1.807, 2.05) is 4.90 Å². The zero-order chi connectivity index (χ0) is 11.8. The lowest BCUT2D eigenvalue weighted by molar-refractivity contribution is -0.139. The van der Waals surface area contributed by atoms with Gasteiger partial charge in [0.1, 0.15) is 0 Å². The highest BCUT2D eigenvalue weighted by Gasteiger charge is 2.37. The molecule has 0 spiro atoms. The van der Waals surface area contributed by atoms with Gasteiger partial charge in [-0.25, -0.2) is 0 Å². The Morgan fingerprint density at radius 2 is 2.19 bits per heavy atom. The van der Waals surface area contributed by atoms with Crippen molar-refractivity contribution in [3.05, 3.63) is 0 Å². The van der Waals surface area contributed by atoms with Crippen LogP contribution in [-0.2, 0) is 9.53 Å². The van der Waals surface area contributed by atoms with Crippen LogP contribution in [0.3, 0.4) is 0 Å². The topological polar surface area (TPSA) is 55.6 Å². The molecule has 0 aromatic rings. The molecular formula is C12H22N2O2. The van der Waals surface area contributed by atoms with E-state index < -0.39 is 0 Å². The zero-order valence-corrected chi connectivity index (χ0v) is 10.2. The molecule has 4 nitrogen and oxygen atoms in total. The van der Waals surface area contributed by atoms with Gasteiger partial charge in [0.05, 0.1) is 12.5 Å². The molecule has 2 N–H and O–H groups in total. The fraction of sp³-hybridized carbons (Fsp3) is 0.917. The highest BCUT2D eigenvalue weighted by Crippen LogP contribution is 2.29. The summed E-state index contributed by atoms with van der Waals surface area (Å²) in [6, 6.07) is 0.205. The third-order valence-electron chi connectivity index (χ3n) is 3.90. The summed E-state index contributed by atoms with van der Waals surface area (Å²) in [7, 11) is 0. The Morgan fingerprint density at radius 1 is 1.44 bits per heavy atom. The van der Waals surface area contributed by atoms with E-state index in [0.717, 1.165) is 32.5 Å². The van der Waals surface area contributed by atoms with Crippen molar-refractivity contribution in [1.29, 1.82) is 0 Å². The predicted octanol–water partition coefficient (Wildman–Crippen LogP) is 0.609. The van der Waals surface area contributed by atoms with Gasteiger partial charge in [-0.05, 0) is 18.3 Å². The van der Waals surface area contributed by atoms with Crippen LogP contribution in [0.15, 0.2) is 0 Å². The molecule has 2 unspecified atom stereocenters. The molecule has 0 aromatic carbocycles. The predicted molar refractivity (Wildman–Crippen MR) is 61.9 cm³/mol. The molecule has 1 amide bonds. The van der Waals surface area contributed by atoms with E-state index in [-0.39, 0.29) is 23.3 Å². The SMILES string of the molecule is CC1(C)CN(C(=O)C2CCOC2)CCC1N. The first-order valence-corrected chi connectivity index (χ1v) is 6.13. The van der Waals surface area contributed by atoms with Crippen molar-refractivity contribution in [2.45, 2.75) is 32.7 Å². The van der Waals surface area contributed by atoms with Crippen LogP contribution < -0.4 is 5.73 Å². The van der Waals surface area contributed by atoms with E-state index in [1.165, 1.54) is 0 Å². The number of rotatable bonds is 1. The lowest BCUT2D eigenvalue weighted by atomic mass is 9.79. The van der Waals surface area contributed by atoms with Crippen molar-refractivity contribution >= 4 is 5.91 Å². The third kappa shape index (κ3) is 2.23. The molecule has 0 bridgehead atoms. The first-order chi connectivity index (χ1) is 7.50. The maximum Gasteiger partial charge on any atom is 0.228 e. The van der Waals surface area contributed by atoms with Gasteiger partial charge in [-0.1, -0.05) is 13.8 Å². The Kier molecular flexibility index (Phi) is 3.22. The minimum atomic E-state index is 0.0351. The summed E-state index contributed by atoms with van der Waals surface area (Å²) in [6.07, 6.45) is 1.79. The Bertz CT molecular complexity index is 272. The number of hydrogen-bond donors (Lipinski definition) is 1. The molecule has 92 valence electrons. The average Bonchev–Trinajstić information content (AvgIpc) is 2.74. The van der Waals surface area contributed by atoms with Crippen LogP contribution >= 0.6 is 0 Å². The molecule has 0 aromatic heterocycles. The van der Waals surface area contributed by atoms with Crippen molar-refractivity contribution in [1.82, 2.24) is 4.90 Å². The van der Waals surface area contributed by atoms with E-state index in [0.29, 0.717) is 6.61 Å². The fourth-order valence-electron chi connectivity index (χ4n) is 2.55. The average molecular weight is 226 g/mol. The number of nitrogens with two attached hydrogens (primary N) is 1. The fourth-order valence-corrected chi connectivity index (χ4v) is 2.55. The summed E-state index contributed by atoms with van der Waals surface area (Å²) in [6.45, 7) is 7.20. The molecule has 2 aliphatic heterocycles. The van der Waals surface area contributed by atoms with E-state index in [2.05, 4.69) is 13.8 Å². The molecule has 0 radical (unpaired) electrons. The largest absolute Gasteiger partial charge is 0.381 e. The molecule has 2 rings (SSSR count). The summed E-state index contributed by atoms with van der Waals surface area (Å²) < 4.78 is 5.27. The number of nitrogens with zero attached hydrogens (tertiary/aromatic N) is 1. The number of ether oxygens (including phenoxy) is 1. The minimum absolute atomic E-state index is 0.0351. The number of piperidine rings is 1. The van der Waals surface area contributed by atoms with Gasteiger partial charge in [-0.15, -0.1) is 0 Å². The Labute approximate surface area is 97.1 Å². The lowest BCUT2D eigenvalue weighted by Gasteiger charge is -2.43. The van der Waals surface area contributed by atoms with Crippen molar-refractivity contribution in [2.75, 3.05) is 26.3 Å². The van der Waals surface area contributed by atoms with Crippen LogP contribution in [0.4, 0.5) is 0 Å². The number of amides is 1. The van der Waals surface area contributed by atoms with Gasteiger partial charge < -0.3 is 15.4 Å². The van der Waals surface area contributed by atoms with Gasteiger partial charge in [0.2, 0.25) is 5.91 Å². The molecule has 16 heavy (non-hydrogen) atoms. The minimum Gasteiger partial charge on any atom is -0.381 e. The first-order valence-electron chi connectivity index (χ1n) is 6.13. The highest BCUT2D eigenvalue weighted by molar-refractivity contribution is 5.79. The van der Waals surface area contributed by atoms with Crippen LogP contribution in [0.2, 0.25) is 0 Å². The van der Waals surface area contributed by atoms with Gasteiger partial charge in [0, 0.05) is 25.7 Å². The third-order valence-corrected chi connectivity index (χ3v) is 3.90. The van der Waals surface area contributed by atoms with Crippen LogP contribution in [0.5, 0.6) is 0 Å². The van der Waals surface area contributed by atoms with Crippen LogP contribution in [0.25, 0.3) is 0 Å². The van der Waals surface area contributed by atoms with Gasteiger partial charge >= 0.3 is 0 Å². The van der Waals surface area contributed by atoms with Gasteiger partial charge in [-0.2, -0.15) is 0 Å². The van der Waals surface area contributed by atoms with Crippen LogP contribution in [-0.4, -0.2) is 43.2 Å². The second-order valence-electron chi connectivity index (χ2n) is 5.70. The Morgan fingerprint density at radius 3 is 2.75 bits per heavy atom. The summed E-state index contributed by atoms with van der Waals surface area (Å²) >= 11 is 0. The van der Waals surface area contributed by atoms with E-state index >= 15 is 0 Å². The molecule has 4 heteroatoms. The Balaban J connectivity index is 1.97. The Hall–Kier alpha value is -0.610. The van der Waals surface area contributed by atoms with Crippen molar-refractivity contribution in [3.8, 4) is 0 Å². The molecular weight excluding hydrogens is 204 g/mol. The van der Waals surface area contributed by atoms with Crippen molar-refractivity contribution < 1.29 is 9.53 Å². The molecule has 2 atom stereocenters. The number of carbonyl (C=O) groups excluding carboxylic acids is 1. The summed E-state index contributed by atoms with van der Waals surface area (Å²) in [5, 5.41) is 0. The van der Waals surface area contributed by atoms with Crippen molar-refractivity contribution in [2.24, 2.45) is 17.1 Å². The highest BCUT2D eigenvalue weighted by atomic mass is 16.5. The summed E-state index contributed by atoms with van der Waals surface area (Å²) in [5.74, 6) is 0.350. The van der Waals surface area contributed by atoms with E-state index in [4.69, 9.17) is 10.5 Å². The first kappa shape index (κ1) is 11.9. The standard InChI is InChI=1S/C12H22N2O2/c1-12(2)8-14(5-3-10(12)13)11(15)9-4-6-16-7-9/h9-10H,3-8,13H2,1-2H3. The second kappa shape index (κ2) is 4.34. The zero-order valence-electron chi connectivity index (χ0n) is 10.2. The number of carbonyl (C=O) groups is 1.